The Morgan fingerprint density at radius 3 is 2.89 bits per heavy atom. The molecule has 0 spiro atoms. The summed E-state index contributed by atoms with van der Waals surface area (Å²) in [6.07, 6.45) is 5.01. The van der Waals surface area contributed by atoms with E-state index in [1.54, 1.807) is 13.0 Å². The summed E-state index contributed by atoms with van der Waals surface area (Å²) >= 11 is 0. The average molecular weight is 269 g/mol. The molecule has 1 aliphatic heterocycles. The Morgan fingerprint density at radius 1 is 1.53 bits per heavy atom. The van der Waals surface area contributed by atoms with Gasteiger partial charge in [-0.1, -0.05) is 6.08 Å². The molecule has 5 nitrogen and oxygen atoms in total. The minimum Gasteiger partial charge on any atom is -0.465 e. The number of hydrogen-bond donors (Lipinski definition) is 0. The molecule has 1 unspecified atom stereocenters. The van der Waals surface area contributed by atoms with E-state index in [2.05, 4.69) is 6.58 Å². The molecule has 19 heavy (non-hydrogen) atoms. The lowest BCUT2D eigenvalue weighted by molar-refractivity contribution is -0.148. The third kappa shape index (κ3) is 5.87. The van der Waals surface area contributed by atoms with E-state index in [4.69, 9.17) is 9.47 Å². The van der Waals surface area contributed by atoms with Crippen LogP contribution in [0.4, 0.5) is 0 Å². The topological polar surface area (TPSA) is 55.8 Å². The van der Waals surface area contributed by atoms with E-state index in [1.165, 1.54) is 4.90 Å². The van der Waals surface area contributed by atoms with E-state index in [9.17, 15) is 9.59 Å². The number of carbonyl (C=O) groups is 2. The van der Waals surface area contributed by atoms with Gasteiger partial charge in [-0.25, -0.2) is 0 Å². The van der Waals surface area contributed by atoms with Crippen molar-refractivity contribution in [3.05, 3.63) is 12.7 Å². The Morgan fingerprint density at radius 2 is 2.32 bits per heavy atom. The van der Waals surface area contributed by atoms with Gasteiger partial charge in [0.15, 0.2) is 0 Å². The van der Waals surface area contributed by atoms with E-state index in [1.807, 2.05) is 0 Å². The van der Waals surface area contributed by atoms with E-state index in [0.29, 0.717) is 19.6 Å². The highest BCUT2D eigenvalue weighted by Gasteiger charge is 2.20. The molecular formula is C14H23NO4. The first-order chi connectivity index (χ1) is 9.17. The van der Waals surface area contributed by atoms with Gasteiger partial charge in [-0.3, -0.25) is 9.59 Å². The van der Waals surface area contributed by atoms with Crippen LogP contribution in [0.3, 0.4) is 0 Å². The van der Waals surface area contributed by atoms with Crippen LogP contribution in [0.15, 0.2) is 12.7 Å². The summed E-state index contributed by atoms with van der Waals surface area (Å²) in [6, 6.07) is 0. The zero-order valence-corrected chi connectivity index (χ0v) is 11.6. The molecule has 0 radical (unpaired) electrons. The van der Waals surface area contributed by atoms with Crippen molar-refractivity contribution in [1.29, 1.82) is 0 Å². The molecule has 0 aromatic rings. The largest absolute Gasteiger partial charge is 0.465 e. The fourth-order valence-electron chi connectivity index (χ4n) is 2.09. The second kappa shape index (κ2) is 8.69. The van der Waals surface area contributed by atoms with Gasteiger partial charge in [-0.15, -0.1) is 6.58 Å². The molecule has 1 rings (SSSR count). The first-order valence-corrected chi connectivity index (χ1v) is 6.83. The van der Waals surface area contributed by atoms with Crippen molar-refractivity contribution in [2.45, 2.75) is 38.7 Å². The second-order valence-electron chi connectivity index (χ2n) is 4.54. The number of amides is 1. The van der Waals surface area contributed by atoms with Crippen LogP contribution in [0.1, 0.15) is 32.6 Å². The minimum absolute atomic E-state index is 0.00971. The highest BCUT2D eigenvalue weighted by molar-refractivity contribution is 5.82. The van der Waals surface area contributed by atoms with Crippen molar-refractivity contribution in [1.82, 2.24) is 4.90 Å². The van der Waals surface area contributed by atoms with Gasteiger partial charge in [0.25, 0.3) is 0 Å². The van der Waals surface area contributed by atoms with Crippen LogP contribution in [-0.2, 0) is 19.1 Å². The summed E-state index contributed by atoms with van der Waals surface area (Å²) < 4.78 is 10.3. The van der Waals surface area contributed by atoms with Crippen molar-refractivity contribution >= 4 is 11.9 Å². The van der Waals surface area contributed by atoms with Gasteiger partial charge in [0.2, 0.25) is 5.91 Å². The van der Waals surface area contributed by atoms with Gasteiger partial charge in [0.05, 0.1) is 12.7 Å². The van der Waals surface area contributed by atoms with Crippen LogP contribution in [-0.4, -0.2) is 49.2 Å². The zero-order chi connectivity index (χ0) is 14.1. The molecular weight excluding hydrogens is 246 g/mol. The molecule has 1 heterocycles. The molecule has 108 valence electrons. The SMILES string of the molecule is C=CCN(CC(=O)OCC)C(=O)CCC1CCCO1. The molecule has 1 fully saturated rings. The van der Waals surface area contributed by atoms with Crippen LogP contribution < -0.4 is 0 Å². The molecule has 1 amide bonds. The molecule has 0 aromatic heterocycles. The Labute approximate surface area is 114 Å². The molecule has 5 heteroatoms. The van der Waals surface area contributed by atoms with E-state index in [0.717, 1.165) is 25.9 Å². The summed E-state index contributed by atoms with van der Waals surface area (Å²) in [7, 11) is 0. The predicted octanol–water partition coefficient (Wildman–Crippen LogP) is 1.52. The van der Waals surface area contributed by atoms with Gasteiger partial charge in [0, 0.05) is 19.6 Å². The summed E-state index contributed by atoms with van der Waals surface area (Å²) in [4.78, 5) is 24.9. The quantitative estimate of drug-likeness (QED) is 0.495. The Kier molecular flexibility index (Phi) is 7.18. The number of rotatable bonds is 8. The van der Waals surface area contributed by atoms with Gasteiger partial charge in [-0.2, -0.15) is 0 Å². The number of esters is 1. The number of ether oxygens (including phenoxy) is 2. The zero-order valence-electron chi connectivity index (χ0n) is 11.6. The third-order valence-electron chi connectivity index (χ3n) is 3.03. The average Bonchev–Trinajstić information content (AvgIpc) is 2.89. The highest BCUT2D eigenvalue weighted by Crippen LogP contribution is 2.17. The van der Waals surface area contributed by atoms with Crippen molar-refractivity contribution in [2.24, 2.45) is 0 Å². The Hall–Kier alpha value is -1.36. The van der Waals surface area contributed by atoms with E-state index in [-0.39, 0.29) is 24.5 Å². The van der Waals surface area contributed by atoms with Gasteiger partial charge in [0.1, 0.15) is 6.54 Å². The molecule has 0 aromatic carbocycles. The van der Waals surface area contributed by atoms with Crippen molar-refractivity contribution in [3.8, 4) is 0 Å². The summed E-state index contributed by atoms with van der Waals surface area (Å²) in [6.45, 7) is 6.82. The molecule has 0 saturated carbocycles. The van der Waals surface area contributed by atoms with Crippen molar-refractivity contribution in [2.75, 3.05) is 26.3 Å². The van der Waals surface area contributed by atoms with Crippen molar-refractivity contribution < 1.29 is 19.1 Å². The number of nitrogens with zero attached hydrogens (tertiary/aromatic N) is 1. The first kappa shape index (κ1) is 15.7. The maximum absolute atomic E-state index is 12.0. The molecule has 0 N–H and O–H groups in total. The molecule has 0 bridgehead atoms. The molecule has 1 saturated heterocycles. The molecule has 1 aliphatic rings. The van der Waals surface area contributed by atoms with Crippen molar-refractivity contribution in [3.63, 3.8) is 0 Å². The lowest BCUT2D eigenvalue weighted by Crippen LogP contribution is -2.36. The van der Waals surface area contributed by atoms with Crippen LogP contribution >= 0.6 is 0 Å². The normalized spacial score (nSPS) is 18.1. The van der Waals surface area contributed by atoms with E-state index < -0.39 is 0 Å². The van der Waals surface area contributed by atoms with Crippen LogP contribution in [0.2, 0.25) is 0 Å². The van der Waals surface area contributed by atoms with Gasteiger partial charge in [-0.05, 0) is 26.2 Å². The fraction of sp³-hybridized carbons (Fsp3) is 0.714. The molecule has 1 atom stereocenters. The minimum atomic E-state index is -0.380. The summed E-state index contributed by atoms with van der Waals surface area (Å²) in [5.41, 5.74) is 0. The predicted molar refractivity (Wildman–Crippen MR) is 71.6 cm³/mol. The van der Waals surface area contributed by atoms with Crippen LogP contribution in [0.25, 0.3) is 0 Å². The van der Waals surface area contributed by atoms with Gasteiger partial charge < -0.3 is 14.4 Å². The first-order valence-electron chi connectivity index (χ1n) is 6.83. The van der Waals surface area contributed by atoms with E-state index >= 15 is 0 Å². The molecule has 0 aliphatic carbocycles. The lowest BCUT2D eigenvalue weighted by atomic mass is 10.1. The van der Waals surface area contributed by atoms with Crippen LogP contribution in [0, 0.1) is 0 Å². The standard InChI is InChI=1S/C14H23NO4/c1-3-9-15(11-14(17)18-4-2)13(16)8-7-12-6-5-10-19-12/h3,12H,1,4-11H2,2H3. The lowest BCUT2D eigenvalue weighted by Gasteiger charge is -2.20. The monoisotopic (exact) mass is 269 g/mol. The maximum atomic E-state index is 12.0. The maximum Gasteiger partial charge on any atom is 0.325 e. The number of carbonyl (C=O) groups excluding carboxylic acids is 2. The number of hydrogen-bond acceptors (Lipinski definition) is 4. The highest BCUT2D eigenvalue weighted by atomic mass is 16.5. The fourth-order valence-corrected chi connectivity index (χ4v) is 2.09. The van der Waals surface area contributed by atoms with Crippen LogP contribution in [0.5, 0.6) is 0 Å². The summed E-state index contributed by atoms with van der Waals surface area (Å²) in [5.74, 6) is -0.432. The summed E-state index contributed by atoms with van der Waals surface area (Å²) in [5, 5.41) is 0. The van der Waals surface area contributed by atoms with Gasteiger partial charge >= 0.3 is 5.97 Å². The second-order valence-corrected chi connectivity index (χ2v) is 4.54. The smallest absolute Gasteiger partial charge is 0.325 e. The third-order valence-corrected chi connectivity index (χ3v) is 3.03. The Balaban J connectivity index is 2.37. The Bertz CT molecular complexity index is 311.